The zero-order valence-corrected chi connectivity index (χ0v) is 17.5. The second kappa shape index (κ2) is 8.86. The molecule has 2 heterocycles. The highest BCUT2D eigenvalue weighted by molar-refractivity contribution is 7.89. The molecule has 0 aliphatic carbocycles. The quantitative estimate of drug-likeness (QED) is 0.570. The van der Waals surface area contributed by atoms with Crippen LogP contribution in [0.25, 0.3) is 0 Å². The number of hydrazine groups is 1. The van der Waals surface area contributed by atoms with Crippen molar-refractivity contribution in [2.75, 3.05) is 36.5 Å². The van der Waals surface area contributed by atoms with Crippen molar-refractivity contribution in [1.82, 2.24) is 15.2 Å². The molecule has 3 rings (SSSR count). The molecule has 156 valence electrons. The Balaban J connectivity index is 1.68. The van der Waals surface area contributed by atoms with E-state index in [1.54, 1.807) is 24.4 Å². The first kappa shape index (κ1) is 21.2. The lowest BCUT2D eigenvalue weighted by Crippen LogP contribution is -2.42. The maximum absolute atomic E-state index is 12.6. The topological polar surface area (TPSA) is 130 Å². The van der Waals surface area contributed by atoms with Crippen molar-refractivity contribution in [3.05, 3.63) is 34.8 Å². The number of benzene rings is 1. The number of sulfonamides is 1. The molecular weight excluding hydrogens is 418 g/mol. The lowest BCUT2D eigenvalue weighted by atomic mass is 10.2. The molecule has 1 aliphatic rings. The highest BCUT2D eigenvalue weighted by atomic mass is 32.2. The number of hydrogen-bond donors (Lipinski definition) is 3. The minimum atomic E-state index is -4.05. The van der Waals surface area contributed by atoms with Crippen LogP contribution in [0.4, 0.5) is 10.8 Å². The number of rotatable bonds is 6. The Kier molecular flexibility index (Phi) is 6.47. The first-order valence-electron chi connectivity index (χ1n) is 8.75. The maximum atomic E-state index is 12.6. The Morgan fingerprint density at radius 1 is 1.24 bits per heavy atom. The van der Waals surface area contributed by atoms with Crippen LogP contribution in [0.2, 0.25) is 0 Å². The molecule has 1 aliphatic heterocycles. The minimum absolute atomic E-state index is 0.0590. The van der Waals surface area contributed by atoms with Crippen LogP contribution in [0.15, 0.2) is 28.5 Å². The summed E-state index contributed by atoms with van der Waals surface area (Å²) in [4.78, 5) is 31.8. The Bertz CT molecular complexity index is 1010. The highest BCUT2D eigenvalue weighted by Crippen LogP contribution is 2.22. The molecule has 1 aromatic carbocycles. The molecule has 29 heavy (non-hydrogen) atoms. The highest BCUT2D eigenvalue weighted by Gasteiger charge is 2.21. The lowest BCUT2D eigenvalue weighted by molar-refractivity contribution is -0.114. The van der Waals surface area contributed by atoms with Crippen LogP contribution in [0.1, 0.15) is 23.0 Å². The number of hydrogen-bond acceptors (Lipinski definition) is 8. The first-order valence-corrected chi connectivity index (χ1v) is 11.1. The predicted molar refractivity (Wildman–Crippen MR) is 108 cm³/mol. The van der Waals surface area contributed by atoms with E-state index in [9.17, 15) is 18.0 Å². The number of thiazole rings is 1. The van der Waals surface area contributed by atoms with Crippen molar-refractivity contribution < 1.29 is 22.7 Å². The summed E-state index contributed by atoms with van der Waals surface area (Å²) >= 11 is 1.31. The van der Waals surface area contributed by atoms with Gasteiger partial charge in [-0.25, -0.2) is 13.4 Å². The number of aromatic nitrogens is 1. The summed E-state index contributed by atoms with van der Waals surface area (Å²) in [6.45, 7) is 5.50. The number of anilines is 2. The van der Waals surface area contributed by atoms with Crippen molar-refractivity contribution in [3.8, 4) is 0 Å². The second-order valence-corrected chi connectivity index (χ2v) is 8.82. The van der Waals surface area contributed by atoms with Crippen LogP contribution in [-0.4, -0.2) is 51.5 Å². The van der Waals surface area contributed by atoms with Crippen molar-refractivity contribution >= 4 is 44.0 Å². The molecule has 1 fully saturated rings. The zero-order valence-electron chi connectivity index (χ0n) is 15.9. The van der Waals surface area contributed by atoms with E-state index in [4.69, 9.17) is 4.74 Å². The number of nitrogens with zero attached hydrogens (tertiary/aromatic N) is 2. The van der Waals surface area contributed by atoms with Gasteiger partial charge in [0.1, 0.15) is 5.69 Å². The maximum Gasteiger partial charge on any atom is 0.285 e. The third kappa shape index (κ3) is 5.29. The molecular formula is C17H21N5O5S2. The molecule has 1 aromatic heterocycles. The van der Waals surface area contributed by atoms with E-state index in [0.717, 1.165) is 0 Å². The van der Waals surface area contributed by atoms with Crippen LogP contribution in [-0.2, 0) is 19.6 Å². The average molecular weight is 440 g/mol. The molecule has 2 amide bonds. The van der Waals surface area contributed by atoms with E-state index < -0.39 is 15.9 Å². The molecule has 0 spiro atoms. The molecule has 0 unspecified atom stereocenters. The standard InChI is InChI=1S/C17H21N5O5S2/c1-11-3-4-13(18-12(2)23)9-15(11)29(25,26)21-20-16(24)14-10-28-17(19-14)22-5-7-27-8-6-22/h3-4,9-10,21H,5-8H2,1-2H3,(H,18,23)(H,20,24). The van der Waals surface area contributed by atoms with Crippen LogP contribution in [0.3, 0.4) is 0 Å². The van der Waals surface area contributed by atoms with Crippen molar-refractivity contribution in [2.45, 2.75) is 18.7 Å². The summed E-state index contributed by atoms with van der Waals surface area (Å²) < 4.78 is 30.5. The summed E-state index contributed by atoms with van der Waals surface area (Å²) in [5.74, 6) is -0.988. The van der Waals surface area contributed by atoms with E-state index in [0.29, 0.717) is 42.7 Å². The van der Waals surface area contributed by atoms with Crippen molar-refractivity contribution in [3.63, 3.8) is 0 Å². The molecule has 0 radical (unpaired) electrons. The van der Waals surface area contributed by atoms with Gasteiger partial charge in [-0.2, -0.15) is 0 Å². The summed E-state index contributed by atoms with van der Waals surface area (Å²) in [6.07, 6.45) is 0. The smallest absolute Gasteiger partial charge is 0.285 e. The Hall–Kier alpha value is -2.54. The normalized spacial score (nSPS) is 14.5. The number of aryl methyl sites for hydroxylation is 1. The van der Waals surface area contributed by atoms with Gasteiger partial charge in [0.2, 0.25) is 5.91 Å². The number of carbonyl (C=O) groups excluding carboxylic acids is 2. The lowest BCUT2D eigenvalue weighted by Gasteiger charge is -2.25. The summed E-state index contributed by atoms with van der Waals surface area (Å²) in [5.41, 5.74) is 3.09. The first-order chi connectivity index (χ1) is 13.8. The SMILES string of the molecule is CC(=O)Nc1ccc(C)c(S(=O)(=O)NNC(=O)c2csc(N3CCOCC3)n2)c1. The molecule has 0 bridgehead atoms. The van der Waals surface area contributed by atoms with Crippen LogP contribution >= 0.6 is 11.3 Å². The average Bonchev–Trinajstić information content (AvgIpc) is 3.18. The van der Waals surface area contributed by atoms with Gasteiger partial charge in [0.25, 0.3) is 15.9 Å². The largest absolute Gasteiger partial charge is 0.378 e. The van der Waals surface area contributed by atoms with E-state index in [2.05, 4.69) is 20.6 Å². The third-order valence-corrected chi connectivity index (χ3v) is 6.39. The van der Waals surface area contributed by atoms with E-state index in [-0.39, 0.29) is 16.5 Å². The van der Waals surface area contributed by atoms with E-state index >= 15 is 0 Å². The zero-order chi connectivity index (χ0) is 21.0. The van der Waals surface area contributed by atoms with Crippen LogP contribution < -0.4 is 20.5 Å². The summed E-state index contributed by atoms with van der Waals surface area (Å²) in [5, 5.41) is 4.78. The van der Waals surface area contributed by atoms with Gasteiger partial charge in [0, 0.05) is 31.1 Å². The number of ether oxygens (including phenoxy) is 1. The van der Waals surface area contributed by atoms with Gasteiger partial charge >= 0.3 is 0 Å². The third-order valence-electron chi connectivity index (χ3n) is 4.10. The van der Waals surface area contributed by atoms with E-state index in [1.807, 2.05) is 4.90 Å². The molecule has 0 saturated carbocycles. The fraction of sp³-hybridized carbons (Fsp3) is 0.353. The Morgan fingerprint density at radius 2 is 1.97 bits per heavy atom. The predicted octanol–water partition coefficient (Wildman–Crippen LogP) is 0.870. The van der Waals surface area contributed by atoms with Gasteiger partial charge in [-0.3, -0.25) is 15.0 Å². The van der Waals surface area contributed by atoms with Gasteiger partial charge in [0.05, 0.1) is 18.1 Å². The number of nitrogens with one attached hydrogen (secondary N) is 3. The molecule has 12 heteroatoms. The molecule has 1 saturated heterocycles. The Morgan fingerprint density at radius 3 is 2.66 bits per heavy atom. The molecule has 0 atom stereocenters. The van der Waals surface area contributed by atoms with Gasteiger partial charge in [-0.05, 0) is 24.6 Å². The molecule has 2 aromatic rings. The van der Waals surface area contributed by atoms with Gasteiger partial charge in [-0.15, -0.1) is 16.2 Å². The fourth-order valence-electron chi connectivity index (χ4n) is 2.67. The van der Waals surface area contributed by atoms with Crippen LogP contribution in [0.5, 0.6) is 0 Å². The summed E-state index contributed by atoms with van der Waals surface area (Å²) in [6, 6.07) is 4.48. The molecule has 10 nitrogen and oxygen atoms in total. The number of carbonyl (C=O) groups is 2. The van der Waals surface area contributed by atoms with Gasteiger partial charge in [-0.1, -0.05) is 6.07 Å². The monoisotopic (exact) mass is 439 g/mol. The second-order valence-electron chi connectivity index (χ2n) is 6.34. The Labute approximate surface area is 172 Å². The van der Waals surface area contributed by atoms with Crippen LogP contribution in [0, 0.1) is 6.92 Å². The summed E-state index contributed by atoms with van der Waals surface area (Å²) in [7, 11) is -4.05. The minimum Gasteiger partial charge on any atom is -0.378 e. The van der Waals surface area contributed by atoms with Gasteiger partial charge in [0.15, 0.2) is 5.13 Å². The fourth-order valence-corrected chi connectivity index (χ4v) is 4.64. The van der Waals surface area contributed by atoms with E-state index in [1.165, 1.54) is 24.3 Å². The number of morpholine rings is 1. The molecule has 3 N–H and O–H groups in total. The van der Waals surface area contributed by atoms with Crippen molar-refractivity contribution in [2.24, 2.45) is 0 Å². The van der Waals surface area contributed by atoms with Gasteiger partial charge < -0.3 is 15.0 Å². The van der Waals surface area contributed by atoms with Crippen molar-refractivity contribution in [1.29, 1.82) is 0 Å². The number of amides is 2.